The molecule has 1 fully saturated rings. The molecule has 7 nitrogen and oxygen atoms in total. The van der Waals surface area contributed by atoms with Crippen molar-refractivity contribution in [3.63, 3.8) is 0 Å². The SMILES string of the molecule is Cn1cc(NS(=O)(=O)c2cc(CO)n(C3CC3)c2)cn1. The standard InChI is InChI=1S/C12H16N4O3S/c1-15-6-9(5-13-15)14-20(18,19)12-4-11(8-17)16(7-12)10-2-3-10/h4-7,10,14,17H,2-3,8H2,1H3. The van der Waals surface area contributed by atoms with Crippen molar-refractivity contribution in [3.05, 3.63) is 30.4 Å². The number of nitrogens with one attached hydrogen (secondary N) is 1. The lowest BCUT2D eigenvalue weighted by Crippen LogP contribution is -2.11. The smallest absolute Gasteiger partial charge is 0.263 e. The van der Waals surface area contributed by atoms with Crippen LogP contribution in [0.3, 0.4) is 0 Å². The first-order chi connectivity index (χ1) is 9.49. The molecule has 0 aliphatic heterocycles. The summed E-state index contributed by atoms with van der Waals surface area (Å²) in [6.07, 6.45) is 6.67. The van der Waals surface area contributed by atoms with Gasteiger partial charge in [0.2, 0.25) is 0 Å². The maximum absolute atomic E-state index is 12.3. The van der Waals surface area contributed by atoms with Crippen LogP contribution in [-0.2, 0) is 23.7 Å². The fourth-order valence-electron chi connectivity index (χ4n) is 2.15. The minimum atomic E-state index is -3.65. The van der Waals surface area contributed by atoms with E-state index in [4.69, 9.17) is 0 Å². The summed E-state index contributed by atoms with van der Waals surface area (Å²) in [6.45, 7) is -0.168. The average molecular weight is 296 g/mol. The molecular formula is C12H16N4O3S. The van der Waals surface area contributed by atoms with Crippen LogP contribution in [0.25, 0.3) is 0 Å². The Hall–Kier alpha value is -1.80. The quantitative estimate of drug-likeness (QED) is 0.856. The summed E-state index contributed by atoms with van der Waals surface area (Å²) in [7, 11) is -1.94. The summed E-state index contributed by atoms with van der Waals surface area (Å²) in [5.74, 6) is 0. The number of rotatable bonds is 5. The van der Waals surface area contributed by atoms with E-state index in [-0.39, 0.29) is 11.5 Å². The molecule has 1 aliphatic rings. The third kappa shape index (κ3) is 2.44. The van der Waals surface area contributed by atoms with Crippen LogP contribution in [0, 0.1) is 0 Å². The highest BCUT2D eigenvalue weighted by Gasteiger charge is 2.28. The van der Waals surface area contributed by atoms with Crippen LogP contribution < -0.4 is 4.72 Å². The van der Waals surface area contributed by atoms with Gasteiger partial charge in [0, 0.05) is 31.2 Å². The van der Waals surface area contributed by atoms with Crippen molar-refractivity contribution in [1.29, 1.82) is 0 Å². The molecule has 0 bridgehead atoms. The number of aryl methyl sites for hydroxylation is 1. The number of aliphatic hydroxyl groups is 1. The maximum atomic E-state index is 12.3. The van der Waals surface area contributed by atoms with Gasteiger partial charge in [-0.1, -0.05) is 0 Å². The molecule has 2 heterocycles. The van der Waals surface area contributed by atoms with Crippen molar-refractivity contribution in [1.82, 2.24) is 14.3 Å². The Labute approximate surface area is 116 Å². The highest BCUT2D eigenvalue weighted by atomic mass is 32.2. The van der Waals surface area contributed by atoms with Gasteiger partial charge < -0.3 is 9.67 Å². The van der Waals surface area contributed by atoms with Crippen molar-refractivity contribution < 1.29 is 13.5 Å². The van der Waals surface area contributed by atoms with E-state index >= 15 is 0 Å². The molecular weight excluding hydrogens is 280 g/mol. The lowest BCUT2D eigenvalue weighted by atomic mass is 10.4. The van der Waals surface area contributed by atoms with E-state index in [1.165, 1.54) is 16.9 Å². The molecule has 0 saturated heterocycles. The normalized spacial score (nSPS) is 15.5. The van der Waals surface area contributed by atoms with Gasteiger partial charge in [-0.15, -0.1) is 0 Å². The summed E-state index contributed by atoms with van der Waals surface area (Å²) >= 11 is 0. The van der Waals surface area contributed by atoms with E-state index in [2.05, 4.69) is 9.82 Å². The second-order valence-electron chi connectivity index (χ2n) is 4.97. The van der Waals surface area contributed by atoms with Crippen molar-refractivity contribution >= 4 is 15.7 Å². The third-order valence-corrected chi connectivity index (χ3v) is 4.62. The molecule has 0 unspecified atom stereocenters. The van der Waals surface area contributed by atoms with Crippen LogP contribution in [0.5, 0.6) is 0 Å². The largest absolute Gasteiger partial charge is 0.390 e. The Morgan fingerprint density at radius 2 is 2.20 bits per heavy atom. The lowest BCUT2D eigenvalue weighted by molar-refractivity contribution is 0.270. The maximum Gasteiger partial charge on any atom is 0.263 e. The second kappa shape index (κ2) is 4.64. The highest BCUT2D eigenvalue weighted by Crippen LogP contribution is 2.37. The summed E-state index contributed by atoms with van der Waals surface area (Å²) < 4.78 is 30.4. The molecule has 2 N–H and O–H groups in total. The van der Waals surface area contributed by atoms with Gasteiger partial charge in [-0.25, -0.2) is 8.42 Å². The number of nitrogens with zero attached hydrogens (tertiary/aromatic N) is 3. The summed E-state index contributed by atoms with van der Waals surface area (Å²) in [4.78, 5) is 0.164. The van der Waals surface area contributed by atoms with Gasteiger partial charge in [0.15, 0.2) is 0 Å². The molecule has 0 amide bonds. The van der Waals surface area contributed by atoms with Gasteiger partial charge in [0.05, 0.1) is 18.5 Å². The van der Waals surface area contributed by atoms with Gasteiger partial charge >= 0.3 is 0 Å². The zero-order chi connectivity index (χ0) is 14.3. The zero-order valence-corrected chi connectivity index (χ0v) is 11.8. The Morgan fingerprint density at radius 3 is 2.75 bits per heavy atom. The fraction of sp³-hybridized carbons (Fsp3) is 0.417. The van der Waals surface area contributed by atoms with Crippen LogP contribution in [0.1, 0.15) is 24.6 Å². The van der Waals surface area contributed by atoms with Gasteiger partial charge in [-0.2, -0.15) is 5.10 Å². The molecule has 8 heteroatoms. The van der Waals surface area contributed by atoms with E-state index in [9.17, 15) is 13.5 Å². The molecule has 1 aliphatic carbocycles. The Balaban J connectivity index is 1.90. The second-order valence-corrected chi connectivity index (χ2v) is 6.65. The highest BCUT2D eigenvalue weighted by molar-refractivity contribution is 7.92. The van der Waals surface area contributed by atoms with Crippen LogP contribution in [0.2, 0.25) is 0 Å². The minimum Gasteiger partial charge on any atom is -0.390 e. The molecule has 3 rings (SSSR count). The van der Waals surface area contributed by atoms with E-state index in [0.717, 1.165) is 12.8 Å². The van der Waals surface area contributed by atoms with Gasteiger partial charge in [0.1, 0.15) is 4.90 Å². The molecule has 0 spiro atoms. The van der Waals surface area contributed by atoms with Gasteiger partial charge in [-0.05, 0) is 18.9 Å². The summed E-state index contributed by atoms with van der Waals surface area (Å²) in [5.41, 5.74) is 1.04. The minimum absolute atomic E-state index is 0.164. The first-order valence-electron chi connectivity index (χ1n) is 6.32. The molecule has 20 heavy (non-hydrogen) atoms. The van der Waals surface area contributed by atoms with E-state index in [1.807, 2.05) is 4.57 Å². The van der Waals surface area contributed by atoms with Crippen LogP contribution in [0.4, 0.5) is 5.69 Å². The fourth-order valence-corrected chi connectivity index (χ4v) is 3.23. The Bertz CT molecular complexity index is 728. The van der Waals surface area contributed by atoms with Crippen LogP contribution in [0.15, 0.2) is 29.6 Å². The van der Waals surface area contributed by atoms with E-state index < -0.39 is 10.0 Å². The Morgan fingerprint density at radius 1 is 1.45 bits per heavy atom. The number of aromatic nitrogens is 3. The number of aliphatic hydroxyl groups excluding tert-OH is 1. The first kappa shape index (κ1) is 13.2. The molecule has 0 aromatic carbocycles. The molecule has 108 valence electrons. The zero-order valence-electron chi connectivity index (χ0n) is 11.0. The predicted octanol–water partition coefficient (Wildman–Crippen LogP) is 0.850. The molecule has 2 aromatic heterocycles. The van der Waals surface area contributed by atoms with Crippen molar-refractivity contribution in [3.8, 4) is 0 Å². The van der Waals surface area contributed by atoms with Crippen molar-refractivity contribution in [2.24, 2.45) is 7.05 Å². The van der Waals surface area contributed by atoms with Gasteiger partial charge in [-0.3, -0.25) is 9.40 Å². The number of sulfonamides is 1. The van der Waals surface area contributed by atoms with Crippen LogP contribution in [-0.4, -0.2) is 27.9 Å². The van der Waals surface area contributed by atoms with Crippen molar-refractivity contribution in [2.75, 3.05) is 4.72 Å². The topological polar surface area (TPSA) is 89.1 Å². The van der Waals surface area contributed by atoms with Crippen molar-refractivity contribution in [2.45, 2.75) is 30.4 Å². The van der Waals surface area contributed by atoms with E-state index in [0.29, 0.717) is 17.4 Å². The van der Waals surface area contributed by atoms with E-state index in [1.54, 1.807) is 19.4 Å². The lowest BCUT2D eigenvalue weighted by Gasteiger charge is -2.04. The van der Waals surface area contributed by atoms with Crippen LogP contribution >= 0.6 is 0 Å². The monoisotopic (exact) mass is 296 g/mol. The number of hydrogen-bond donors (Lipinski definition) is 2. The number of hydrogen-bond acceptors (Lipinski definition) is 4. The third-order valence-electron chi connectivity index (χ3n) is 3.28. The summed E-state index contributed by atoms with van der Waals surface area (Å²) in [5, 5.41) is 13.2. The molecule has 2 aromatic rings. The molecule has 0 radical (unpaired) electrons. The summed E-state index contributed by atoms with van der Waals surface area (Å²) in [6, 6.07) is 1.83. The first-order valence-corrected chi connectivity index (χ1v) is 7.81. The van der Waals surface area contributed by atoms with Gasteiger partial charge in [0.25, 0.3) is 10.0 Å². The molecule has 0 atom stereocenters. The predicted molar refractivity (Wildman–Crippen MR) is 72.6 cm³/mol. The number of anilines is 1. The molecule has 1 saturated carbocycles. The Kier molecular flexibility index (Phi) is 3.06. The average Bonchev–Trinajstić information content (AvgIpc) is 3.01.